The summed E-state index contributed by atoms with van der Waals surface area (Å²) in [6, 6.07) is 0.772. The molecule has 0 N–H and O–H groups in total. The standard InChI is InChI=1S/C14H22N4O/c1-10-12-9-17(11-5-6-11)7-4-8-18(12)15-13(10)14(19)16(2)3/h11H,4-9H2,1-3H3. The van der Waals surface area contributed by atoms with Crippen LogP contribution >= 0.6 is 0 Å². The van der Waals surface area contributed by atoms with E-state index >= 15 is 0 Å². The molecule has 5 nitrogen and oxygen atoms in total. The van der Waals surface area contributed by atoms with Crippen molar-refractivity contribution in [1.82, 2.24) is 19.6 Å². The molecule has 2 aliphatic rings. The van der Waals surface area contributed by atoms with Crippen molar-refractivity contribution in [3.63, 3.8) is 0 Å². The SMILES string of the molecule is Cc1c(C(=O)N(C)C)nn2c1CN(C1CC1)CCC2. The van der Waals surface area contributed by atoms with Crippen molar-refractivity contribution >= 4 is 5.91 Å². The van der Waals surface area contributed by atoms with Crippen molar-refractivity contribution in [1.29, 1.82) is 0 Å². The molecular weight excluding hydrogens is 240 g/mol. The predicted octanol–water partition coefficient (Wildman–Crippen LogP) is 1.26. The fourth-order valence-corrected chi connectivity index (χ4v) is 2.83. The zero-order valence-electron chi connectivity index (χ0n) is 12.0. The average molecular weight is 262 g/mol. The van der Waals surface area contributed by atoms with Crippen LogP contribution in [-0.4, -0.2) is 52.2 Å². The molecule has 1 aromatic rings. The van der Waals surface area contributed by atoms with Crippen LogP contribution in [0.2, 0.25) is 0 Å². The minimum Gasteiger partial charge on any atom is -0.343 e. The maximum Gasteiger partial charge on any atom is 0.274 e. The third kappa shape index (κ3) is 2.27. The van der Waals surface area contributed by atoms with Crippen LogP contribution in [0.25, 0.3) is 0 Å². The first-order chi connectivity index (χ1) is 9.08. The van der Waals surface area contributed by atoms with Gasteiger partial charge in [0.25, 0.3) is 5.91 Å². The van der Waals surface area contributed by atoms with Gasteiger partial charge in [0.15, 0.2) is 5.69 Å². The molecule has 5 heteroatoms. The second-order valence-corrected chi connectivity index (χ2v) is 5.90. The summed E-state index contributed by atoms with van der Waals surface area (Å²) in [6.07, 6.45) is 3.79. The first-order valence-electron chi connectivity index (χ1n) is 7.10. The van der Waals surface area contributed by atoms with Gasteiger partial charge in [-0.25, -0.2) is 0 Å². The molecule has 0 aromatic carbocycles. The van der Waals surface area contributed by atoms with E-state index in [1.54, 1.807) is 19.0 Å². The molecule has 0 spiro atoms. The van der Waals surface area contributed by atoms with Crippen LogP contribution in [0.3, 0.4) is 0 Å². The second kappa shape index (κ2) is 4.63. The Labute approximate surface area is 114 Å². The first-order valence-corrected chi connectivity index (χ1v) is 7.10. The molecule has 104 valence electrons. The highest BCUT2D eigenvalue weighted by molar-refractivity contribution is 5.93. The van der Waals surface area contributed by atoms with Gasteiger partial charge in [0, 0.05) is 45.3 Å². The maximum atomic E-state index is 12.1. The van der Waals surface area contributed by atoms with E-state index in [2.05, 4.69) is 14.7 Å². The van der Waals surface area contributed by atoms with Gasteiger partial charge >= 0.3 is 0 Å². The van der Waals surface area contributed by atoms with E-state index < -0.39 is 0 Å². The number of aromatic nitrogens is 2. The van der Waals surface area contributed by atoms with Gasteiger partial charge in [-0.3, -0.25) is 14.4 Å². The molecule has 19 heavy (non-hydrogen) atoms. The topological polar surface area (TPSA) is 41.4 Å². The summed E-state index contributed by atoms with van der Waals surface area (Å²) in [5.41, 5.74) is 2.92. The lowest BCUT2D eigenvalue weighted by atomic mass is 10.2. The van der Waals surface area contributed by atoms with Gasteiger partial charge in [0.2, 0.25) is 0 Å². The summed E-state index contributed by atoms with van der Waals surface area (Å²) in [4.78, 5) is 16.3. The summed E-state index contributed by atoms with van der Waals surface area (Å²) >= 11 is 0. The van der Waals surface area contributed by atoms with Crippen molar-refractivity contribution in [3.8, 4) is 0 Å². The Kier molecular flexibility index (Phi) is 3.09. The molecule has 0 saturated heterocycles. The van der Waals surface area contributed by atoms with Gasteiger partial charge in [-0.1, -0.05) is 0 Å². The fourth-order valence-electron chi connectivity index (χ4n) is 2.83. The number of hydrogen-bond acceptors (Lipinski definition) is 3. The van der Waals surface area contributed by atoms with E-state index in [-0.39, 0.29) is 5.91 Å². The molecule has 0 unspecified atom stereocenters. The van der Waals surface area contributed by atoms with Gasteiger partial charge in [-0.15, -0.1) is 0 Å². The zero-order valence-corrected chi connectivity index (χ0v) is 12.0. The molecule has 1 amide bonds. The summed E-state index contributed by atoms with van der Waals surface area (Å²) in [7, 11) is 3.56. The van der Waals surface area contributed by atoms with E-state index in [0.29, 0.717) is 5.69 Å². The van der Waals surface area contributed by atoms with Crippen molar-refractivity contribution in [2.24, 2.45) is 0 Å². The molecule has 3 rings (SSSR count). The van der Waals surface area contributed by atoms with Crippen molar-refractivity contribution in [3.05, 3.63) is 17.0 Å². The summed E-state index contributed by atoms with van der Waals surface area (Å²) in [5, 5.41) is 4.54. The Hall–Kier alpha value is -1.36. The van der Waals surface area contributed by atoms with E-state index in [1.807, 2.05) is 6.92 Å². The van der Waals surface area contributed by atoms with Crippen LogP contribution in [0.5, 0.6) is 0 Å². The highest BCUT2D eigenvalue weighted by Gasteiger charge is 2.32. The van der Waals surface area contributed by atoms with Gasteiger partial charge in [-0.2, -0.15) is 5.10 Å². The van der Waals surface area contributed by atoms with Crippen LogP contribution in [0.1, 0.15) is 41.0 Å². The van der Waals surface area contributed by atoms with Crippen molar-refractivity contribution in [2.75, 3.05) is 20.6 Å². The molecule has 0 radical (unpaired) electrons. The molecule has 2 heterocycles. The number of carbonyl (C=O) groups excluding carboxylic acids is 1. The third-order valence-corrected chi connectivity index (χ3v) is 4.16. The molecule has 0 atom stereocenters. The highest BCUT2D eigenvalue weighted by Crippen LogP contribution is 2.31. The smallest absolute Gasteiger partial charge is 0.274 e. The van der Waals surface area contributed by atoms with E-state index in [9.17, 15) is 4.79 Å². The van der Waals surface area contributed by atoms with Crippen LogP contribution in [0.15, 0.2) is 0 Å². The summed E-state index contributed by atoms with van der Waals surface area (Å²) in [5.74, 6) is 0.0102. The molecular formula is C14H22N4O. The Morgan fingerprint density at radius 2 is 2.05 bits per heavy atom. The Morgan fingerprint density at radius 1 is 1.32 bits per heavy atom. The monoisotopic (exact) mass is 262 g/mol. The lowest BCUT2D eigenvalue weighted by Crippen LogP contribution is -2.26. The Morgan fingerprint density at radius 3 is 2.68 bits per heavy atom. The number of nitrogens with zero attached hydrogens (tertiary/aromatic N) is 4. The quantitative estimate of drug-likeness (QED) is 0.806. The van der Waals surface area contributed by atoms with Gasteiger partial charge in [0.05, 0.1) is 5.69 Å². The van der Waals surface area contributed by atoms with E-state index in [1.165, 1.54) is 18.5 Å². The van der Waals surface area contributed by atoms with Gasteiger partial charge in [-0.05, 0) is 26.2 Å². The lowest BCUT2D eigenvalue weighted by molar-refractivity contribution is 0.0820. The fraction of sp³-hybridized carbons (Fsp3) is 0.714. The largest absolute Gasteiger partial charge is 0.343 e. The average Bonchev–Trinajstić information content (AvgIpc) is 3.17. The molecule has 1 aliphatic carbocycles. The maximum absolute atomic E-state index is 12.1. The number of aryl methyl sites for hydroxylation is 1. The third-order valence-electron chi connectivity index (χ3n) is 4.16. The molecule has 0 bridgehead atoms. The minimum atomic E-state index is 0.0102. The Balaban J connectivity index is 1.92. The van der Waals surface area contributed by atoms with E-state index in [4.69, 9.17) is 0 Å². The van der Waals surface area contributed by atoms with Crippen LogP contribution in [-0.2, 0) is 13.1 Å². The number of amides is 1. The lowest BCUT2D eigenvalue weighted by Gasteiger charge is -2.19. The number of rotatable bonds is 2. The minimum absolute atomic E-state index is 0.0102. The van der Waals surface area contributed by atoms with Crippen LogP contribution < -0.4 is 0 Å². The molecule has 1 saturated carbocycles. The molecule has 1 aliphatic heterocycles. The Bertz CT molecular complexity index is 502. The van der Waals surface area contributed by atoms with Crippen molar-refractivity contribution in [2.45, 2.75) is 45.3 Å². The first kappa shape index (κ1) is 12.7. The van der Waals surface area contributed by atoms with E-state index in [0.717, 1.165) is 37.7 Å². The number of hydrogen-bond donors (Lipinski definition) is 0. The van der Waals surface area contributed by atoms with Crippen molar-refractivity contribution < 1.29 is 4.79 Å². The summed E-state index contributed by atoms with van der Waals surface area (Å²) in [6.45, 7) is 5.07. The van der Waals surface area contributed by atoms with Crippen LogP contribution in [0.4, 0.5) is 0 Å². The zero-order chi connectivity index (χ0) is 13.6. The second-order valence-electron chi connectivity index (χ2n) is 5.90. The normalized spacial score (nSPS) is 19.9. The number of carbonyl (C=O) groups is 1. The molecule has 1 fully saturated rings. The van der Waals surface area contributed by atoms with Gasteiger partial charge in [0.1, 0.15) is 0 Å². The molecule has 1 aromatic heterocycles. The van der Waals surface area contributed by atoms with Gasteiger partial charge < -0.3 is 4.90 Å². The summed E-state index contributed by atoms with van der Waals surface area (Å²) < 4.78 is 2.05. The highest BCUT2D eigenvalue weighted by atomic mass is 16.2. The number of fused-ring (bicyclic) bond motifs is 1. The van der Waals surface area contributed by atoms with Crippen LogP contribution in [0, 0.1) is 6.92 Å². The predicted molar refractivity (Wildman–Crippen MR) is 73.0 cm³/mol.